The fourth-order valence-electron chi connectivity index (χ4n) is 4.70. The third-order valence-corrected chi connectivity index (χ3v) is 6.66. The number of hydrogen-bond donors (Lipinski definition) is 1. The highest BCUT2D eigenvalue weighted by molar-refractivity contribution is 6.12. The number of nitrogens with zero attached hydrogens (tertiary/aromatic N) is 1. The molecule has 0 aromatic rings. The van der Waals surface area contributed by atoms with Gasteiger partial charge in [0.15, 0.2) is 0 Å². The largest absolute Gasteiger partial charge is 0.353 e. The molecule has 1 N–H and O–H groups in total. The highest BCUT2D eigenvalue weighted by Crippen LogP contribution is 2.17. The van der Waals surface area contributed by atoms with Crippen LogP contribution in [0.3, 0.4) is 0 Å². The summed E-state index contributed by atoms with van der Waals surface area (Å²) in [6.45, 7) is 0.453. The van der Waals surface area contributed by atoms with Gasteiger partial charge in [0.25, 0.3) is 11.8 Å². The molecule has 0 spiro atoms. The summed E-state index contributed by atoms with van der Waals surface area (Å²) in [5, 5.41) is 3.30. The van der Waals surface area contributed by atoms with Gasteiger partial charge in [-0.3, -0.25) is 19.3 Å². The second-order valence-electron chi connectivity index (χ2n) is 9.41. The molecule has 0 bridgehead atoms. The second-order valence-corrected chi connectivity index (χ2v) is 9.41. The van der Waals surface area contributed by atoms with Gasteiger partial charge in [-0.25, -0.2) is 0 Å². The summed E-state index contributed by atoms with van der Waals surface area (Å²) in [6, 6.07) is 0.325. The van der Waals surface area contributed by atoms with Crippen molar-refractivity contribution in [2.45, 2.75) is 128 Å². The van der Waals surface area contributed by atoms with Crippen LogP contribution in [0, 0.1) is 0 Å². The van der Waals surface area contributed by atoms with Crippen LogP contribution in [0.2, 0.25) is 0 Å². The zero-order valence-corrected chi connectivity index (χ0v) is 19.5. The van der Waals surface area contributed by atoms with E-state index in [4.69, 9.17) is 0 Å². The van der Waals surface area contributed by atoms with Gasteiger partial charge < -0.3 is 5.32 Å². The summed E-state index contributed by atoms with van der Waals surface area (Å²) in [4.78, 5) is 36.8. The molecule has 1 aliphatic carbocycles. The third-order valence-electron chi connectivity index (χ3n) is 6.66. The topological polar surface area (TPSA) is 66.5 Å². The molecule has 5 heteroatoms. The first-order valence-corrected chi connectivity index (χ1v) is 13.0. The number of carbonyl (C=O) groups excluding carboxylic acids is 3. The number of carbonyl (C=O) groups is 3. The van der Waals surface area contributed by atoms with Gasteiger partial charge in [0.1, 0.15) is 0 Å². The van der Waals surface area contributed by atoms with Crippen molar-refractivity contribution in [3.63, 3.8) is 0 Å². The van der Waals surface area contributed by atoms with Crippen LogP contribution >= 0.6 is 0 Å². The van der Waals surface area contributed by atoms with Crippen molar-refractivity contribution < 1.29 is 14.4 Å². The Morgan fingerprint density at radius 2 is 1.16 bits per heavy atom. The SMILES string of the molecule is O=C(CCCCCN1C(=O)C=CC1=O)NC1CCCCCCCCCCCCCCC1. The van der Waals surface area contributed by atoms with Gasteiger partial charge in [0, 0.05) is 31.2 Å². The first-order chi connectivity index (χ1) is 15.2. The lowest BCUT2D eigenvalue weighted by atomic mass is 9.98. The highest BCUT2D eigenvalue weighted by atomic mass is 16.2. The molecule has 1 aliphatic heterocycles. The van der Waals surface area contributed by atoms with Gasteiger partial charge in [-0.2, -0.15) is 0 Å². The molecule has 1 saturated carbocycles. The summed E-state index contributed by atoms with van der Waals surface area (Å²) < 4.78 is 0. The fraction of sp³-hybridized carbons (Fsp3) is 0.808. The minimum Gasteiger partial charge on any atom is -0.353 e. The van der Waals surface area contributed by atoms with E-state index in [1.807, 2.05) is 0 Å². The zero-order chi connectivity index (χ0) is 22.2. The predicted octanol–water partition coefficient (Wildman–Crippen LogP) is 5.82. The molecule has 0 radical (unpaired) electrons. The Morgan fingerprint density at radius 1 is 0.710 bits per heavy atom. The number of imide groups is 1. The van der Waals surface area contributed by atoms with E-state index in [0.29, 0.717) is 19.0 Å². The van der Waals surface area contributed by atoms with Crippen molar-refractivity contribution in [2.75, 3.05) is 6.54 Å². The van der Waals surface area contributed by atoms with Gasteiger partial charge in [0.2, 0.25) is 5.91 Å². The van der Waals surface area contributed by atoms with E-state index in [9.17, 15) is 14.4 Å². The molecule has 1 heterocycles. The van der Waals surface area contributed by atoms with Gasteiger partial charge in [0.05, 0.1) is 0 Å². The van der Waals surface area contributed by atoms with Crippen LogP contribution in [0.15, 0.2) is 12.2 Å². The van der Waals surface area contributed by atoms with Gasteiger partial charge >= 0.3 is 0 Å². The lowest BCUT2D eigenvalue weighted by Crippen LogP contribution is -2.34. The minimum atomic E-state index is -0.220. The number of amides is 3. The molecule has 31 heavy (non-hydrogen) atoms. The Hall–Kier alpha value is -1.65. The Labute approximate surface area is 189 Å². The van der Waals surface area contributed by atoms with Crippen LogP contribution in [-0.2, 0) is 14.4 Å². The average molecular weight is 433 g/mol. The molecule has 176 valence electrons. The Balaban J connectivity index is 1.61. The predicted molar refractivity (Wildman–Crippen MR) is 126 cm³/mol. The van der Waals surface area contributed by atoms with Gasteiger partial charge in [-0.15, -0.1) is 0 Å². The molecule has 0 saturated heterocycles. The van der Waals surface area contributed by atoms with Crippen molar-refractivity contribution in [2.24, 2.45) is 0 Å². The number of hydrogen-bond acceptors (Lipinski definition) is 3. The van der Waals surface area contributed by atoms with E-state index in [-0.39, 0.29) is 17.7 Å². The third kappa shape index (κ3) is 11.5. The van der Waals surface area contributed by atoms with E-state index < -0.39 is 0 Å². The van der Waals surface area contributed by atoms with Crippen molar-refractivity contribution >= 4 is 17.7 Å². The Morgan fingerprint density at radius 3 is 1.65 bits per heavy atom. The molecule has 0 aromatic heterocycles. The smallest absolute Gasteiger partial charge is 0.253 e. The summed E-state index contributed by atoms with van der Waals surface area (Å²) in [6.07, 6.45) is 25.2. The molecule has 0 atom stereocenters. The molecule has 0 unspecified atom stereocenters. The molecule has 3 amide bonds. The van der Waals surface area contributed by atoms with E-state index in [1.54, 1.807) is 0 Å². The van der Waals surface area contributed by atoms with Crippen LogP contribution in [0.25, 0.3) is 0 Å². The van der Waals surface area contributed by atoms with Crippen LogP contribution in [0.5, 0.6) is 0 Å². The number of rotatable bonds is 7. The van der Waals surface area contributed by atoms with E-state index in [1.165, 1.54) is 101 Å². The molecule has 2 aliphatic rings. The molecule has 5 nitrogen and oxygen atoms in total. The molecular weight excluding hydrogens is 388 g/mol. The molecule has 1 fully saturated rings. The first kappa shape index (κ1) is 25.6. The summed E-state index contributed by atoms with van der Waals surface area (Å²) in [7, 11) is 0. The summed E-state index contributed by atoms with van der Waals surface area (Å²) in [5.74, 6) is -0.278. The van der Waals surface area contributed by atoms with E-state index >= 15 is 0 Å². The minimum absolute atomic E-state index is 0.161. The molecular formula is C26H44N2O3. The van der Waals surface area contributed by atoms with Gasteiger partial charge in [-0.05, 0) is 25.7 Å². The zero-order valence-electron chi connectivity index (χ0n) is 19.5. The maximum Gasteiger partial charge on any atom is 0.253 e. The monoisotopic (exact) mass is 432 g/mol. The van der Waals surface area contributed by atoms with Crippen LogP contribution in [0.4, 0.5) is 0 Å². The normalized spacial score (nSPS) is 20.8. The van der Waals surface area contributed by atoms with Crippen molar-refractivity contribution in [1.82, 2.24) is 10.2 Å². The van der Waals surface area contributed by atoms with Crippen molar-refractivity contribution in [3.05, 3.63) is 12.2 Å². The standard InChI is InChI=1S/C26H44N2O3/c29-24(19-15-12-16-22-28-25(30)20-21-26(28)31)27-23-17-13-10-8-6-4-2-1-3-5-7-9-11-14-18-23/h20-21,23H,1-19,22H2,(H,27,29). The first-order valence-electron chi connectivity index (χ1n) is 13.0. The highest BCUT2D eigenvalue weighted by Gasteiger charge is 2.22. The maximum atomic E-state index is 12.5. The van der Waals surface area contributed by atoms with Crippen LogP contribution < -0.4 is 5.32 Å². The molecule has 2 rings (SSSR count). The van der Waals surface area contributed by atoms with Gasteiger partial charge in [-0.1, -0.05) is 89.9 Å². The molecule has 0 aromatic carbocycles. The summed E-state index contributed by atoms with van der Waals surface area (Å²) >= 11 is 0. The second kappa shape index (κ2) is 16.0. The summed E-state index contributed by atoms with van der Waals surface area (Å²) in [5.41, 5.74) is 0. The number of unbranched alkanes of at least 4 members (excludes halogenated alkanes) is 2. The van der Waals surface area contributed by atoms with E-state index in [0.717, 1.165) is 32.1 Å². The van der Waals surface area contributed by atoms with E-state index in [2.05, 4.69) is 5.32 Å². The average Bonchev–Trinajstić information content (AvgIpc) is 3.07. The lowest BCUT2D eigenvalue weighted by Gasteiger charge is -2.19. The Kier molecular flexibility index (Phi) is 13.3. The van der Waals surface area contributed by atoms with Crippen molar-refractivity contribution in [3.8, 4) is 0 Å². The quantitative estimate of drug-likeness (QED) is 0.407. The fourth-order valence-corrected chi connectivity index (χ4v) is 4.70. The maximum absolute atomic E-state index is 12.5. The van der Waals surface area contributed by atoms with Crippen molar-refractivity contribution in [1.29, 1.82) is 0 Å². The lowest BCUT2D eigenvalue weighted by molar-refractivity contribution is -0.137. The van der Waals surface area contributed by atoms with Crippen LogP contribution in [0.1, 0.15) is 122 Å². The number of nitrogens with one attached hydrogen (secondary N) is 1. The van der Waals surface area contributed by atoms with Crippen LogP contribution in [-0.4, -0.2) is 35.2 Å². The Bertz CT molecular complexity index is 539.